The minimum Gasteiger partial charge on any atom is -0.460 e. The largest absolute Gasteiger partial charge is 0.460 e. The monoisotopic (exact) mass is 527 g/mol. The van der Waals surface area contributed by atoms with Gasteiger partial charge in [-0.05, 0) is 58.1 Å². The molecule has 4 N–H and O–H groups in total. The molecule has 0 bridgehead atoms. The van der Waals surface area contributed by atoms with Crippen molar-refractivity contribution in [3.8, 4) is 0 Å². The number of ketones is 1. The number of hydrogen-bond acceptors (Lipinski definition) is 7. The molecule has 1 heterocycles. The molecular weight excluding hydrogens is 482 g/mol. The number of aromatic nitrogens is 2. The normalized spacial score (nSPS) is 14.4. The van der Waals surface area contributed by atoms with Gasteiger partial charge in [-0.3, -0.25) is 19.8 Å². The van der Waals surface area contributed by atoms with Crippen molar-refractivity contribution in [2.45, 2.75) is 79.9 Å². The number of hydrogen-bond donors (Lipinski definition) is 3. The molecule has 0 aliphatic carbocycles. The van der Waals surface area contributed by atoms with Gasteiger partial charge >= 0.3 is 5.97 Å². The number of esters is 1. The Kier molecular flexibility index (Phi) is 10.6. The van der Waals surface area contributed by atoms with Gasteiger partial charge in [0.2, 0.25) is 5.91 Å². The lowest BCUT2D eigenvalue weighted by atomic mass is 9.60. The maximum Gasteiger partial charge on any atom is 0.310 e. The number of nitrogens with two attached hydrogens (primary N) is 1. The van der Waals surface area contributed by atoms with Gasteiger partial charge in [-0.25, -0.2) is 10.8 Å². The maximum atomic E-state index is 13.8. The third-order valence-corrected chi connectivity index (χ3v) is 6.65. The summed E-state index contributed by atoms with van der Waals surface area (Å²) in [7, 11) is 0. The highest BCUT2D eigenvalue weighted by atomic mass is 16.6. The summed E-state index contributed by atoms with van der Waals surface area (Å²) in [6.07, 6.45) is 5.72. The zero-order valence-electron chi connectivity index (χ0n) is 23.9. The van der Waals surface area contributed by atoms with Crippen LogP contribution in [0.1, 0.15) is 67.7 Å². The molecule has 1 aromatic heterocycles. The van der Waals surface area contributed by atoms with Crippen LogP contribution >= 0.6 is 0 Å². The van der Waals surface area contributed by atoms with Gasteiger partial charge in [-0.15, -0.1) is 0 Å². The lowest BCUT2D eigenvalue weighted by molar-refractivity contribution is -0.172. The van der Waals surface area contributed by atoms with Crippen molar-refractivity contribution in [1.82, 2.24) is 15.0 Å². The molecule has 2 atom stereocenters. The van der Waals surface area contributed by atoms with Crippen LogP contribution in [0, 0.1) is 22.7 Å². The van der Waals surface area contributed by atoms with Gasteiger partial charge in [-0.2, -0.15) is 0 Å². The predicted molar refractivity (Wildman–Crippen MR) is 149 cm³/mol. The summed E-state index contributed by atoms with van der Waals surface area (Å²) >= 11 is 0. The van der Waals surface area contributed by atoms with E-state index in [0.717, 1.165) is 5.69 Å². The second-order valence-corrected chi connectivity index (χ2v) is 12.1. The van der Waals surface area contributed by atoms with Crippen molar-refractivity contribution in [1.29, 1.82) is 0 Å². The van der Waals surface area contributed by atoms with Crippen LogP contribution in [0.15, 0.2) is 49.1 Å². The molecule has 0 fully saturated rings. The Balaban J connectivity index is 2.51. The number of anilines is 1. The Hall–Kier alpha value is -3.20. The van der Waals surface area contributed by atoms with Crippen LogP contribution in [-0.4, -0.2) is 39.4 Å². The third kappa shape index (κ3) is 8.68. The highest BCUT2D eigenvalue weighted by molar-refractivity contribution is 5.91. The summed E-state index contributed by atoms with van der Waals surface area (Å²) in [5.41, 5.74) is 0.260. The van der Waals surface area contributed by atoms with Crippen molar-refractivity contribution in [3.63, 3.8) is 0 Å². The Morgan fingerprint density at radius 1 is 1.08 bits per heavy atom. The number of Topliss-reactive ketones (excluding diaryl/α,β-unsaturated/α-hetero) is 1. The molecule has 9 heteroatoms. The average Bonchev–Trinajstić information content (AvgIpc) is 3.32. The van der Waals surface area contributed by atoms with Gasteiger partial charge < -0.3 is 14.6 Å². The number of hydrazine groups is 1. The van der Waals surface area contributed by atoms with E-state index in [1.807, 2.05) is 58.0 Å². The molecule has 2 rings (SSSR count). The number of imidazole rings is 1. The molecule has 2 aromatic rings. The van der Waals surface area contributed by atoms with Gasteiger partial charge in [-0.1, -0.05) is 45.9 Å². The van der Waals surface area contributed by atoms with E-state index in [1.54, 1.807) is 44.1 Å². The molecule has 0 unspecified atom stereocenters. The van der Waals surface area contributed by atoms with E-state index in [1.165, 1.54) is 0 Å². The molecule has 210 valence electrons. The molecule has 0 saturated carbocycles. The second kappa shape index (κ2) is 13.0. The lowest BCUT2D eigenvalue weighted by Crippen LogP contribution is -2.55. The van der Waals surface area contributed by atoms with E-state index in [-0.39, 0.29) is 24.7 Å². The zero-order chi connectivity index (χ0) is 28.6. The first-order valence-electron chi connectivity index (χ1n) is 13.2. The van der Waals surface area contributed by atoms with Crippen LogP contribution in [0.2, 0.25) is 0 Å². The fourth-order valence-corrected chi connectivity index (χ4v) is 5.10. The summed E-state index contributed by atoms with van der Waals surface area (Å²) in [4.78, 5) is 45.0. The zero-order valence-corrected chi connectivity index (χ0v) is 23.9. The van der Waals surface area contributed by atoms with Gasteiger partial charge in [0.25, 0.3) is 0 Å². The van der Waals surface area contributed by atoms with Crippen LogP contribution in [0.5, 0.6) is 0 Å². The van der Waals surface area contributed by atoms with E-state index in [4.69, 9.17) is 10.6 Å². The maximum absolute atomic E-state index is 13.8. The first kappa shape index (κ1) is 31.0. The Labute approximate surface area is 226 Å². The van der Waals surface area contributed by atoms with Crippen LogP contribution in [0.25, 0.3) is 0 Å². The SMILES string of the molecule is CC(C)C[C@](CC(C)(C)C(=O)Cn1ccnc1)(C(=O)NN)[C@H](CCNc1ccccc1)C(=O)OC(C)(C)C. The van der Waals surface area contributed by atoms with Gasteiger partial charge in [0, 0.05) is 30.0 Å². The quantitative estimate of drug-likeness (QED) is 0.144. The number of nitrogens with one attached hydrogen (secondary N) is 2. The second-order valence-electron chi connectivity index (χ2n) is 12.1. The number of benzene rings is 1. The fraction of sp³-hybridized carbons (Fsp3) is 0.586. The van der Waals surface area contributed by atoms with E-state index < -0.39 is 34.2 Å². The minimum absolute atomic E-state index is 0.0406. The topological polar surface area (TPSA) is 128 Å². The number of carbonyl (C=O) groups is 3. The lowest BCUT2D eigenvalue weighted by Gasteiger charge is -2.44. The number of nitrogens with zero attached hydrogens (tertiary/aromatic N) is 2. The van der Waals surface area contributed by atoms with Crippen molar-refractivity contribution in [3.05, 3.63) is 49.1 Å². The van der Waals surface area contributed by atoms with Crippen molar-refractivity contribution in [2.24, 2.45) is 28.5 Å². The number of ether oxygens (including phenoxy) is 1. The Bertz CT molecular complexity index is 1040. The number of para-hydroxylation sites is 1. The smallest absolute Gasteiger partial charge is 0.310 e. The molecule has 0 radical (unpaired) electrons. The molecular formula is C29H45N5O4. The van der Waals surface area contributed by atoms with E-state index in [0.29, 0.717) is 19.4 Å². The van der Waals surface area contributed by atoms with Gasteiger partial charge in [0.15, 0.2) is 5.78 Å². The van der Waals surface area contributed by atoms with E-state index >= 15 is 0 Å². The highest BCUT2D eigenvalue weighted by Crippen LogP contribution is 2.47. The summed E-state index contributed by atoms with van der Waals surface area (Å²) in [5.74, 6) is 3.94. The molecule has 38 heavy (non-hydrogen) atoms. The van der Waals surface area contributed by atoms with Crippen LogP contribution in [-0.2, 0) is 25.7 Å². The first-order chi connectivity index (χ1) is 17.7. The molecule has 0 aliphatic rings. The van der Waals surface area contributed by atoms with Crippen molar-refractivity contribution in [2.75, 3.05) is 11.9 Å². The molecule has 0 spiro atoms. The van der Waals surface area contributed by atoms with Crippen LogP contribution in [0.4, 0.5) is 5.69 Å². The van der Waals surface area contributed by atoms with Crippen molar-refractivity contribution < 1.29 is 19.1 Å². The molecule has 1 aromatic carbocycles. The summed E-state index contributed by atoms with van der Waals surface area (Å²) in [6.45, 7) is 13.6. The summed E-state index contributed by atoms with van der Waals surface area (Å²) in [6, 6.07) is 9.65. The number of amides is 1. The summed E-state index contributed by atoms with van der Waals surface area (Å²) < 4.78 is 7.56. The number of rotatable bonds is 14. The fourth-order valence-electron chi connectivity index (χ4n) is 5.10. The van der Waals surface area contributed by atoms with Crippen molar-refractivity contribution >= 4 is 23.3 Å². The van der Waals surface area contributed by atoms with E-state index in [9.17, 15) is 14.4 Å². The van der Waals surface area contributed by atoms with Gasteiger partial charge in [0.1, 0.15) is 5.60 Å². The van der Waals surface area contributed by atoms with Crippen LogP contribution < -0.4 is 16.6 Å². The Morgan fingerprint density at radius 3 is 2.26 bits per heavy atom. The first-order valence-corrected chi connectivity index (χ1v) is 13.2. The molecule has 9 nitrogen and oxygen atoms in total. The Morgan fingerprint density at radius 2 is 1.74 bits per heavy atom. The molecule has 0 aliphatic heterocycles. The predicted octanol–water partition coefficient (Wildman–Crippen LogP) is 4.35. The number of carbonyl (C=O) groups excluding carboxylic acids is 3. The molecule has 1 amide bonds. The van der Waals surface area contributed by atoms with Crippen LogP contribution in [0.3, 0.4) is 0 Å². The third-order valence-electron chi connectivity index (χ3n) is 6.65. The summed E-state index contributed by atoms with van der Waals surface area (Å²) in [5, 5.41) is 3.34. The standard InChI is InChI=1S/C29H45N5O4/c1-21(2)17-29(26(37)33-30,19-28(6,7)24(35)18-34-16-15-31-20-34)23(25(36)38-27(3,4)5)13-14-32-22-11-9-8-10-12-22/h8-12,15-16,20-21,23,32H,13-14,17-19,30H2,1-7H3,(H,33,37)/t23-,29-/m1/s1. The average molecular weight is 528 g/mol. The molecule has 0 saturated heterocycles. The minimum atomic E-state index is -1.28. The highest BCUT2D eigenvalue weighted by Gasteiger charge is 2.53. The van der Waals surface area contributed by atoms with Gasteiger partial charge in [0.05, 0.1) is 24.2 Å². The van der Waals surface area contributed by atoms with E-state index in [2.05, 4.69) is 15.7 Å².